The van der Waals surface area contributed by atoms with Crippen LogP contribution in [0.25, 0.3) is 0 Å². The van der Waals surface area contributed by atoms with Gasteiger partial charge in [0.1, 0.15) is 0 Å². The summed E-state index contributed by atoms with van der Waals surface area (Å²) >= 11 is 1.51. The van der Waals surface area contributed by atoms with Crippen molar-refractivity contribution in [2.45, 2.75) is 26.3 Å². The lowest BCUT2D eigenvalue weighted by Crippen LogP contribution is -2.02. The van der Waals surface area contributed by atoms with Crippen molar-refractivity contribution in [2.24, 2.45) is 0 Å². The summed E-state index contributed by atoms with van der Waals surface area (Å²) in [4.78, 5) is 12.5. The molecule has 16 heavy (non-hydrogen) atoms. The molecule has 0 fully saturated rings. The number of thiophene rings is 1. The van der Waals surface area contributed by atoms with Gasteiger partial charge in [-0.2, -0.15) is 5.10 Å². The summed E-state index contributed by atoms with van der Waals surface area (Å²) in [5, 5.41) is 6.21. The van der Waals surface area contributed by atoms with E-state index >= 15 is 0 Å². The minimum atomic E-state index is 0.235. The van der Waals surface area contributed by atoms with Crippen LogP contribution in [0.2, 0.25) is 0 Å². The van der Waals surface area contributed by atoms with Gasteiger partial charge in [0.25, 0.3) is 0 Å². The van der Waals surface area contributed by atoms with Crippen molar-refractivity contribution >= 4 is 17.1 Å². The number of hydrogen-bond donors (Lipinski definition) is 0. The Bertz CT molecular complexity index is 459. The molecule has 0 amide bonds. The van der Waals surface area contributed by atoms with Crippen molar-refractivity contribution in [1.29, 1.82) is 0 Å². The predicted octanol–water partition coefficient (Wildman–Crippen LogP) is 2.92. The monoisotopic (exact) mass is 234 g/mol. The van der Waals surface area contributed by atoms with E-state index in [0.717, 1.165) is 23.5 Å². The number of aryl methyl sites for hydroxylation is 2. The third kappa shape index (κ3) is 2.79. The normalized spacial score (nSPS) is 10.6. The van der Waals surface area contributed by atoms with Gasteiger partial charge >= 0.3 is 0 Å². The van der Waals surface area contributed by atoms with Crippen molar-refractivity contribution < 1.29 is 4.79 Å². The lowest BCUT2D eigenvalue weighted by molar-refractivity contribution is 0.0982. The molecule has 0 radical (unpaired) electrons. The largest absolute Gasteiger partial charge is 0.293 e. The highest BCUT2D eigenvalue weighted by Gasteiger charge is 2.06. The van der Waals surface area contributed by atoms with E-state index in [9.17, 15) is 4.79 Å². The van der Waals surface area contributed by atoms with E-state index in [1.807, 2.05) is 41.4 Å². The minimum Gasteiger partial charge on any atom is -0.293 e. The van der Waals surface area contributed by atoms with Gasteiger partial charge in [-0.1, -0.05) is 6.07 Å². The maximum Gasteiger partial charge on any atom is 0.172 e. The molecule has 0 bridgehead atoms. The maximum absolute atomic E-state index is 11.7. The fourth-order valence-corrected chi connectivity index (χ4v) is 2.24. The molecule has 0 spiro atoms. The van der Waals surface area contributed by atoms with E-state index in [0.29, 0.717) is 6.42 Å². The maximum atomic E-state index is 11.7. The average molecular weight is 234 g/mol. The van der Waals surface area contributed by atoms with Crippen LogP contribution in [0.3, 0.4) is 0 Å². The van der Waals surface area contributed by atoms with Crippen LogP contribution in [0, 0.1) is 6.92 Å². The zero-order chi connectivity index (χ0) is 11.4. The SMILES string of the molecule is Cc1ccn(CCCC(=O)c2cccs2)n1. The molecular weight excluding hydrogens is 220 g/mol. The van der Waals surface area contributed by atoms with Gasteiger partial charge in [-0.05, 0) is 30.9 Å². The second-order valence-corrected chi connectivity index (χ2v) is 4.67. The number of ketones is 1. The molecule has 2 aromatic rings. The molecule has 0 unspecified atom stereocenters. The Morgan fingerprint density at radius 1 is 1.50 bits per heavy atom. The van der Waals surface area contributed by atoms with Crippen molar-refractivity contribution in [3.63, 3.8) is 0 Å². The summed E-state index contributed by atoms with van der Waals surface area (Å²) in [5.41, 5.74) is 1.02. The fraction of sp³-hybridized carbons (Fsp3) is 0.333. The number of Topliss-reactive ketones (excluding diaryl/α,β-unsaturated/α-hetero) is 1. The molecule has 0 aromatic carbocycles. The van der Waals surface area contributed by atoms with Crippen LogP contribution in [-0.2, 0) is 6.54 Å². The second-order valence-electron chi connectivity index (χ2n) is 3.72. The average Bonchev–Trinajstić information content (AvgIpc) is 2.89. The predicted molar refractivity (Wildman–Crippen MR) is 64.8 cm³/mol. The molecule has 0 saturated carbocycles. The van der Waals surface area contributed by atoms with Gasteiger partial charge in [0.05, 0.1) is 10.6 Å². The molecule has 2 heterocycles. The number of hydrogen-bond acceptors (Lipinski definition) is 3. The highest BCUT2D eigenvalue weighted by molar-refractivity contribution is 7.12. The van der Waals surface area contributed by atoms with Crippen molar-refractivity contribution in [1.82, 2.24) is 9.78 Å². The number of carbonyl (C=O) groups is 1. The van der Waals surface area contributed by atoms with Gasteiger partial charge in [-0.15, -0.1) is 11.3 Å². The number of rotatable bonds is 5. The fourth-order valence-electron chi connectivity index (χ4n) is 1.55. The van der Waals surface area contributed by atoms with Gasteiger partial charge in [0.2, 0.25) is 0 Å². The Morgan fingerprint density at radius 3 is 3.00 bits per heavy atom. The van der Waals surface area contributed by atoms with Crippen molar-refractivity contribution in [3.05, 3.63) is 40.3 Å². The van der Waals surface area contributed by atoms with Crippen molar-refractivity contribution in [2.75, 3.05) is 0 Å². The second kappa shape index (κ2) is 5.07. The molecular formula is C12H14N2OS. The molecule has 3 nitrogen and oxygen atoms in total. The van der Waals surface area contributed by atoms with Gasteiger partial charge < -0.3 is 0 Å². The number of aromatic nitrogens is 2. The van der Waals surface area contributed by atoms with E-state index in [1.54, 1.807) is 0 Å². The first kappa shape index (κ1) is 11.1. The molecule has 0 aliphatic carbocycles. The third-order valence-corrected chi connectivity index (χ3v) is 3.27. The summed E-state index contributed by atoms with van der Waals surface area (Å²) < 4.78 is 1.89. The van der Waals surface area contributed by atoms with E-state index in [4.69, 9.17) is 0 Å². The topological polar surface area (TPSA) is 34.9 Å². The van der Waals surface area contributed by atoms with Crippen LogP contribution >= 0.6 is 11.3 Å². The molecule has 0 atom stereocenters. The Labute approximate surface area is 98.7 Å². The molecule has 0 saturated heterocycles. The number of nitrogens with zero attached hydrogens (tertiary/aromatic N) is 2. The molecule has 0 N–H and O–H groups in total. The van der Waals surface area contributed by atoms with Crippen LogP contribution in [0.4, 0.5) is 0 Å². The van der Waals surface area contributed by atoms with E-state index in [-0.39, 0.29) is 5.78 Å². The minimum absolute atomic E-state index is 0.235. The first-order chi connectivity index (χ1) is 7.75. The Hall–Kier alpha value is -1.42. The first-order valence-electron chi connectivity index (χ1n) is 5.32. The summed E-state index contributed by atoms with van der Waals surface area (Å²) in [6.45, 7) is 2.78. The molecule has 2 rings (SSSR count). The molecule has 84 valence electrons. The summed E-state index contributed by atoms with van der Waals surface area (Å²) in [7, 11) is 0. The summed E-state index contributed by atoms with van der Waals surface area (Å²) in [6, 6.07) is 5.76. The van der Waals surface area contributed by atoms with E-state index in [2.05, 4.69) is 5.10 Å². The van der Waals surface area contributed by atoms with Crippen LogP contribution in [0.15, 0.2) is 29.8 Å². The van der Waals surface area contributed by atoms with Crippen LogP contribution in [-0.4, -0.2) is 15.6 Å². The van der Waals surface area contributed by atoms with E-state index < -0.39 is 0 Å². The smallest absolute Gasteiger partial charge is 0.172 e. The molecule has 0 aliphatic heterocycles. The quantitative estimate of drug-likeness (QED) is 0.745. The Balaban J connectivity index is 1.78. The van der Waals surface area contributed by atoms with Crippen molar-refractivity contribution in [3.8, 4) is 0 Å². The van der Waals surface area contributed by atoms with Gasteiger partial charge in [-0.25, -0.2) is 0 Å². The molecule has 4 heteroatoms. The van der Waals surface area contributed by atoms with Crippen LogP contribution < -0.4 is 0 Å². The van der Waals surface area contributed by atoms with Crippen LogP contribution in [0.1, 0.15) is 28.2 Å². The Morgan fingerprint density at radius 2 is 2.38 bits per heavy atom. The highest BCUT2D eigenvalue weighted by atomic mass is 32.1. The molecule has 0 aliphatic rings. The standard InChI is InChI=1S/C12H14N2OS/c1-10-6-8-14(13-10)7-2-4-11(15)12-5-3-9-16-12/h3,5-6,8-9H,2,4,7H2,1H3. The Kier molecular flexibility index (Phi) is 3.51. The van der Waals surface area contributed by atoms with E-state index in [1.165, 1.54) is 11.3 Å². The summed E-state index contributed by atoms with van der Waals surface area (Å²) in [6.07, 6.45) is 3.39. The molecule has 2 aromatic heterocycles. The third-order valence-electron chi connectivity index (χ3n) is 2.36. The van der Waals surface area contributed by atoms with Gasteiger partial charge in [-0.3, -0.25) is 9.48 Å². The van der Waals surface area contributed by atoms with Crippen LogP contribution in [0.5, 0.6) is 0 Å². The van der Waals surface area contributed by atoms with Gasteiger partial charge in [0, 0.05) is 19.2 Å². The zero-order valence-electron chi connectivity index (χ0n) is 9.22. The highest BCUT2D eigenvalue weighted by Crippen LogP contribution is 2.12. The lowest BCUT2D eigenvalue weighted by Gasteiger charge is -2.00. The zero-order valence-corrected chi connectivity index (χ0v) is 10.0. The number of carbonyl (C=O) groups excluding carboxylic acids is 1. The lowest BCUT2D eigenvalue weighted by atomic mass is 10.2. The first-order valence-corrected chi connectivity index (χ1v) is 6.20. The van der Waals surface area contributed by atoms with Gasteiger partial charge in [0.15, 0.2) is 5.78 Å². The summed E-state index contributed by atoms with van der Waals surface area (Å²) in [5.74, 6) is 0.235.